The summed E-state index contributed by atoms with van der Waals surface area (Å²) in [5.41, 5.74) is 6.33. The summed E-state index contributed by atoms with van der Waals surface area (Å²) in [7, 11) is 5.65. The van der Waals surface area contributed by atoms with E-state index in [-0.39, 0.29) is 60.8 Å². The van der Waals surface area contributed by atoms with Crippen LogP contribution in [0.2, 0.25) is 0 Å². The normalized spacial score (nSPS) is 16.2. The van der Waals surface area contributed by atoms with Crippen LogP contribution in [0.3, 0.4) is 0 Å². The van der Waals surface area contributed by atoms with E-state index in [1.165, 1.54) is 4.90 Å². The van der Waals surface area contributed by atoms with E-state index in [1.54, 1.807) is 38.1 Å². The zero-order valence-electron chi connectivity index (χ0n) is 27.9. The van der Waals surface area contributed by atoms with Crippen molar-refractivity contribution in [2.75, 3.05) is 18.4 Å². The predicted molar refractivity (Wildman–Crippen MR) is 177 cm³/mol. The maximum atomic E-state index is 13.3. The number of nitrogens with one attached hydrogen (secondary N) is 4. The van der Waals surface area contributed by atoms with Gasteiger partial charge in [-0.2, -0.15) is 0 Å². The first kappa shape index (κ1) is 38.3. The van der Waals surface area contributed by atoms with Crippen LogP contribution in [-0.2, 0) is 30.3 Å². The third-order valence-corrected chi connectivity index (χ3v) is 8.71. The number of urea groups is 1. The highest BCUT2D eigenvalue weighted by atomic mass is 16.2. The van der Waals surface area contributed by atoms with Crippen molar-refractivity contribution in [2.45, 2.75) is 104 Å². The van der Waals surface area contributed by atoms with Gasteiger partial charge in [0, 0.05) is 31.6 Å². The minimum absolute atomic E-state index is 0.110. The van der Waals surface area contributed by atoms with Crippen molar-refractivity contribution in [1.29, 1.82) is 0 Å². The maximum Gasteiger partial charge on any atom is 0.312 e. The average molecular weight is 639 g/mol. The van der Waals surface area contributed by atoms with Gasteiger partial charge in [0.05, 0.1) is 13.8 Å². The highest BCUT2D eigenvalue weighted by Crippen LogP contribution is 2.38. The Balaban J connectivity index is 1.91. The van der Waals surface area contributed by atoms with E-state index in [2.05, 4.69) is 21.3 Å². The highest BCUT2D eigenvalue weighted by Gasteiger charge is 2.45. The first-order valence-electron chi connectivity index (χ1n) is 16.3. The van der Waals surface area contributed by atoms with Gasteiger partial charge in [-0.3, -0.25) is 28.9 Å². The lowest BCUT2D eigenvalue weighted by Gasteiger charge is -2.28. The Hall–Kier alpha value is -3.90. The predicted octanol–water partition coefficient (Wildman–Crippen LogP) is 2.74. The van der Waals surface area contributed by atoms with Crippen LogP contribution in [0.1, 0.15) is 91.5 Å². The number of imide groups is 1. The Morgan fingerprint density at radius 3 is 2.26 bits per heavy atom. The van der Waals surface area contributed by atoms with Gasteiger partial charge < -0.3 is 27.0 Å². The van der Waals surface area contributed by atoms with E-state index in [0.29, 0.717) is 44.2 Å². The second-order valence-corrected chi connectivity index (χ2v) is 13.0. The first-order valence-corrected chi connectivity index (χ1v) is 16.3. The Morgan fingerprint density at radius 1 is 1.00 bits per heavy atom. The van der Waals surface area contributed by atoms with Gasteiger partial charge in [0.25, 0.3) is 0 Å². The molecule has 0 aromatic heterocycles. The van der Waals surface area contributed by atoms with Crippen molar-refractivity contribution in [3.05, 3.63) is 29.8 Å². The van der Waals surface area contributed by atoms with Crippen molar-refractivity contribution < 1.29 is 28.8 Å². The Labute approximate surface area is 274 Å². The summed E-state index contributed by atoms with van der Waals surface area (Å²) in [5.74, 6) is -2.06. The molecule has 7 amide bonds. The van der Waals surface area contributed by atoms with Crippen LogP contribution in [0.4, 0.5) is 10.5 Å². The van der Waals surface area contributed by atoms with Gasteiger partial charge in [0.1, 0.15) is 12.1 Å². The zero-order chi connectivity index (χ0) is 34.4. The van der Waals surface area contributed by atoms with E-state index in [9.17, 15) is 28.8 Å². The Bertz CT molecular complexity index is 1220. The molecule has 2 unspecified atom stereocenters. The SMILES string of the molecule is [B]Cc1ccc(NC(=O)[C@H](CCCNC(N)=O)NC(=O)C(NC(=O)CCCCCN2C(=O)CC(C(C)(C)CC)C2=O)C(C)C)cc1. The molecule has 1 aromatic carbocycles. The van der Waals surface area contributed by atoms with Crippen LogP contribution >= 0.6 is 0 Å². The number of nitrogens with two attached hydrogens (primary N) is 1. The molecule has 1 aromatic rings. The van der Waals surface area contributed by atoms with E-state index in [4.69, 9.17) is 13.6 Å². The number of unbranched alkanes of at least 4 members (excludes halogenated alkanes) is 2. The fraction of sp³-hybridized carbons (Fsp3) is 0.636. The number of anilines is 1. The van der Waals surface area contributed by atoms with Crippen molar-refractivity contribution in [1.82, 2.24) is 20.9 Å². The van der Waals surface area contributed by atoms with Crippen LogP contribution in [0.15, 0.2) is 24.3 Å². The number of rotatable bonds is 19. The van der Waals surface area contributed by atoms with E-state index in [1.807, 2.05) is 20.8 Å². The van der Waals surface area contributed by atoms with Crippen LogP contribution in [0.5, 0.6) is 0 Å². The molecule has 2 rings (SSSR count). The summed E-state index contributed by atoms with van der Waals surface area (Å²) in [6.45, 7) is 10.2. The summed E-state index contributed by atoms with van der Waals surface area (Å²) in [6, 6.07) is 4.51. The van der Waals surface area contributed by atoms with Crippen molar-refractivity contribution in [2.24, 2.45) is 23.0 Å². The number of amides is 7. The molecule has 46 heavy (non-hydrogen) atoms. The minimum Gasteiger partial charge on any atom is -0.352 e. The van der Waals surface area contributed by atoms with Gasteiger partial charge in [-0.25, -0.2) is 4.79 Å². The highest BCUT2D eigenvalue weighted by molar-refractivity contribution is 6.08. The van der Waals surface area contributed by atoms with E-state index in [0.717, 1.165) is 12.0 Å². The second-order valence-electron chi connectivity index (χ2n) is 13.0. The number of nitrogens with zero attached hydrogens (tertiary/aromatic N) is 1. The molecular formula is C33H51BN6O6. The van der Waals surface area contributed by atoms with E-state index >= 15 is 0 Å². The quantitative estimate of drug-likeness (QED) is 0.0883. The number of carbonyl (C=O) groups is 6. The first-order chi connectivity index (χ1) is 21.7. The van der Waals surface area contributed by atoms with Gasteiger partial charge in [-0.15, -0.1) is 0 Å². The number of primary amides is 1. The average Bonchev–Trinajstić information content (AvgIpc) is 3.30. The molecule has 0 spiro atoms. The van der Waals surface area contributed by atoms with Crippen LogP contribution < -0.4 is 27.0 Å². The molecule has 6 N–H and O–H groups in total. The minimum atomic E-state index is -0.937. The van der Waals surface area contributed by atoms with Crippen LogP contribution in [-0.4, -0.2) is 73.5 Å². The molecular weight excluding hydrogens is 587 g/mol. The summed E-state index contributed by atoms with van der Waals surface area (Å²) >= 11 is 0. The van der Waals surface area contributed by atoms with Crippen LogP contribution in [0, 0.1) is 17.3 Å². The van der Waals surface area contributed by atoms with Gasteiger partial charge >= 0.3 is 6.03 Å². The topological polar surface area (TPSA) is 180 Å². The molecule has 0 bridgehead atoms. The molecule has 252 valence electrons. The van der Waals surface area contributed by atoms with Gasteiger partial charge in [-0.1, -0.05) is 71.5 Å². The molecule has 1 fully saturated rings. The fourth-order valence-corrected chi connectivity index (χ4v) is 5.29. The summed E-state index contributed by atoms with van der Waals surface area (Å²) in [4.78, 5) is 77.0. The summed E-state index contributed by atoms with van der Waals surface area (Å²) < 4.78 is 0. The fourth-order valence-electron chi connectivity index (χ4n) is 5.29. The smallest absolute Gasteiger partial charge is 0.312 e. The number of hydrogen-bond acceptors (Lipinski definition) is 6. The van der Waals surface area contributed by atoms with Crippen molar-refractivity contribution >= 4 is 49.1 Å². The maximum absolute atomic E-state index is 13.3. The molecule has 1 aliphatic heterocycles. The number of likely N-dealkylation sites (tertiary alicyclic amines) is 1. The number of hydrogen-bond donors (Lipinski definition) is 5. The van der Waals surface area contributed by atoms with Gasteiger partial charge in [0.2, 0.25) is 29.5 Å². The molecule has 1 saturated heterocycles. The second kappa shape index (κ2) is 18.3. The lowest BCUT2D eigenvalue weighted by molar-refractivity contribution is -0.140. The standard InChI is InChI=1S/C33H51BN6O6/c1-6-33(4,5)24-19-27(42)40(31(24)45)18-9-7-8-12-26(41)39-28(21(2)3)30(44)38-25(11-10-17-36-32(35)46)29(43)37-23-15-13-22(20-34)14-16-23/h13-16,21,24-25,28H,6-12,17-20H2,1-5H3,(H,37,43)(H,38,44)(H,39,41)(H3,35,36,46)/t24?,25-,28?/m0/s1. The van der Waals surface area contributed by atoms with Gasteiger partial charge in [-0.05, 0) is 49.1 Å². The lowest BCUT2D eigenvalue weighted by Crippen LogP contribution is -2.54. The molecule has 1 heterocycles. The molecule has 0 saturated carbocycles. The molecule has 0 aliphatic carbocycles. The zero-order valence-corrected chi connectivity index (χ0v) is 27.9. The number of benzene rings is 1. The molecule has 1 aliphatic rings. The molecule has 13 heteroatoms. The van der Waals surface area contributed by atoms with E-state index < -0.39 is 29.9 Å². The van der Waals surface area contributed by atoms with Gasteiger partial charge in [0.15, 0.2) is 0 Å². The summed E-state index contributed by atoms with van der Waals surface area (Å²) in [5, 5.41) is 10.8. The third-order valence-electron chi connectivity index (χ3n) is 8.71. The molecule has 2 radical (unpaired) electrons. The monoisotopic (exact) mass is 638 g/mol. The molecule has 3 atom stereocenters. The molecule has 12 nitrogen and oxygen atoms in total. The Morgan fingerprint density at radius 2 is 1.67 bits per heavy atom. The van der Waals surface area contributed by atoms with Crippen molar-refractivity contribution in [3.8, 4) is 0 Å². The van der Waals surface area contributed by atoms with Crippen molar-refractivity contribution in [3.63, 3.8) is 0 Å². The third kappa shape index (κ3) is 11.8. The Kier molecular flexibility index (Phi) is 15.2. The summed E-state index contributed by atoms with van der Waals surface area (Å²) in [6.07, 6.45) is 3.93. The van der Waals surface area contributed by atoms with Crippen LogP contribution in [0.25, 0.3) is 0 Å². The lowest BCUT2D eigenvalue weighted by atomic mass is 9.76. The largest absolute Gasteiger partial charge is 0.352 e. The number of carbonyl (C=O) groups excluding carboxylic acids is 6.